The first kappa shape index (κ1) is 16.1. The summed E-state index contributed by atoms with van der Waals surface area (Å²) in [4.78, 5) is 51.8. The van der Waals surface area contributed by atoms with Crippen molar-refractivity contribution in [1.29, 1.82) is 0 Å². The van der Waals surface area contributed by atoms with Crippen LogP contribution >= 0.6 is 0 Å². The van der Waals surface area contributed by atoms with Crippen molar-refractivity contribution < 1.29 is 24.0 Å². The Labute approximate surface area is 117 Å². The van der Waals surface area contributed by atoms with E-state index in [2.05, 4.69) is 0 Å². The van der Waals surface area contributed by atoms with E-state index in [0.717, 1.165) is 12.8 Å². The van der Waals surface area contributed by atoms with Crippen molar-refractivity contribution in [3.63, 3.8) is 0 Å². The number of hydrogen-bond acceptors (Lipinski definition) is 5. The number of amides is 3. The fraction of sp³-hybridized carbons (Fsp3) is 0.692. The predicted molar refractivity (Wildman–Crippen MR) is 69.0 cm³/mol. The molecule has 7 heteroatoms. The summed E-state index contributed by atoms with van der Waals surface area (Å²) in [5.41, 5.74) is 0. The molecule has 1 saturated heterocycles. The third kappa shape index (κ3) is 4.64. The van der Waals surface area contributed by atoms with Crippen molar-refractivity contribution in [2.24, 2.45) is 0 Å². The Hall–Kier alpha value is -1.92. The van der Waals surface area contributed by atoms with Gasteiger partial charge in [0.25, 0.3) is 11.8 Å². The molecule has 0 aliphatic carbocycles. The molecule has 0 N–H and O–H groups in total. The molecule has 0 bridgehead atoms. The van der Waals surface area contributed by atoms with E-state index in [0.29, 0.717) is 11.5 Å². The molecule has 112 valence electrons. The largest absolute Gasteiger partial charge is 0.345 e. The molecule has 0 spiro atoms. The molecule has 0 unspecified atom stereocenters. The van der Waals surface area contributed by atoms with Crippen LogP contribution in [0.25, 0.3) is 0 Å². The van der Waals surface area contributed by atoms with Gasteiger partial charge in [-0.05, 0) is 6.42 Å². The average molecular weight is 284 g/mol. The van der Waals surface area contributed by atoms with Crippen molar-refractivity contribution in [1.82, 2.24) is 9.96 Å². The van der Waals surface area contributed by atoms with Crippen LogP contribution in [0.5, 0.6) is 0 Å². The minimum Gasteiger partial charge on any atom is -0.345 e. The quantitative estimate of drug-likeness (QED) is 0.640. The summed E-state index contributed by atoms with van der Waals surface area (Å²) in [6.07, 6.45) is 2.28. The fourth-order valence-electron chi connectivity index (χ4n) is 1.71. The lowest BCUT2D eigenvalue weighted by Crippen LogP contribution is -2.34. The number of carbonyl (C=O) groups excluding carboxylic acids is 4. The molecular formula is C13H20N2O5. The molecule has 0 atom stereocenters. The van der Waals surface area contributed by atoms with Gasteiger partial charge in [-0.2, -0.15) is 0 Å². The zero-order valence-electron chi connectivity index (χ0n) is 11.9. The number of imide groups is 1. The summed E-state index contributed by atoms with van der Waals surface area (Å²) >= 11 is 0. The third-order valence-corrected chi connectivity index (χ3v) is 3.02. The summed E-state index contributed by atoms with van der Waals surface area (Å²) in [5.74, 6) is -1.73. The second-order valence-corrected chi connectivity index (χ2v) is 4.71. The van der Waals surface area contributed by atoms with E-state index in [9.17, 15) is 19.2 Å². The highest BCUT2D eigenvalue weighted by atomic mass is 16.7. The van der Waals surface area contributed by atoms with E-state index >= 15 is 0 Å². The van der Waals surface area contributed by atoms with Gasteiger partial charge in [0.1, 0.15) is 0 Å². The standard InChI is InChI=1S/C13H20N2O5/c1-3-4-5-10(16)14(2)9-8-13(19)20-15-11(17)6-7-12(15)18/h3-9H2,1-2H3. The van der Waals surface area contributed by atoms with Gasteiger partial charge in [-0.1, -0.05) is 13.3 Å². The lowest BCUT2D eigenvalue weighted by molar-refractivity contribution is -0.197. The molecule has 0 radical (unpaired) electrons. The first-order chi connectivity index (χ1) is 9.45. The summed E-state index contributed by atoms with van der Waals surface area (Å²) < 4.78 is 0. The van der Waals surface area contributed by atoms with Crippen LogP contribution in [0, 0.1) is 0 Å². The maximum absolute atomic E-state index is 11.6. The topological polar surface area (TPSA) is 84.0 Å². The van der Waals surface area contributed by atoms with E-state index in [1.807, 2.05) is 6.92 Å². The van der Waals surface area contributed by atoms with Gasteiger partial charge in [-0.3, -0.25) is 14.4 Å². The molecule has 0 aromatic carbocycles. The molecular weight excluding hydrogens is 264 g/mol. The van der Waals surface area contributed by atoms with Gasteiger partial charge in [0, 0.05) is 32.9 Å². The fourth-order valence-corrected chi connectivity index (χ4v) is 1.71. The zero-order chi connectivity index (χ0) is 15.1. The van der Waals surface area contributed by atoms with Gasteiger partial charge in [0.05, 0.1) is 6.42 Å². The Bertz CT molecular complexity index is 392. The van der Waals surface area contributed by atoms with E-state index in [1.165, 1.54) is 4.90 Å². The first-order valence-electron chi connectivity index (χ1n) is 6.76. The van der Waals surface area contributed by atoms with Crippen molar-refractivity contribution in [3.8, 4) is 0 Å². The molecule has 1 aliphatic rings. The van der Waals surface area contributed by atoms with Gasteiger partial charge in [0.15, 0.2) is 0 Å². The van der Waals surface area contributed by atoms with Crippen LogP contribution < -0.4 is 0 Å². The minimum atomic E-state index is -0.691. The number of hydrogen-bond donors (Lipinski definition) is 0. The normalized spacial score (nSPS) is 14.6. The number of carbonyl (C=O) groups is 4. The maximum atomic E-state index is 11.6. The second-order valence-electron chi connectivity index (χ2n) is 4.71. The Morgan fingerprint density at radius 3 is 2.35 bits per heavy atom. The molecule has 7 nitrogen and oxygen atoms in total. The molecule has 1 fully saturated rings. The van der Waals surface area contributed by atoms with E-state index in [-0.39, 0.29) is 31.7 Å². The summed E-state index contributed by atoms with van der Waals surface area (Å²) in [6.45, 7) is 2.20. The van der Waals surface area contributed by atoms with Gasteiger partial charge >= 0.3 is 5.97 Å². The van der Waals surface area contributed by atoms with Crippen LogP contribution in [0.15, 0.2) is 0 Å². The van der Waals surface area contributed by atoms with Crippen LogP contribution in [0.1, 0.15) is 45.4 Å². The van der Waals surface area contributed by atoms with Gasteiger partial charge in [-0.25, -0.2) is 4.79 Å². The second kappa shape index (κ2) is 7.62. The molecule has 0 saturated carbocycles. The number of nitrogens with zero attached hydrogens (tertiary/aromatic N) is 2. The molecule has 20 heavy (non-hydrogen) atoms. The molecule has 0 aromatic rings. The minimum absolute atomic E-state index is 0.0343. The smallest absolute Gasteiger partial charge is 0.334 e. The first-order valence-corrected chi connectivity index (χ1v) is 6.76. The lowest BCUT2D eigenvalue weighted by atomic mass is 10.2. The van der Waals surface area contributed by atoms with Crippen molar-refractivity contribution in [2.45, 2.75) is 45.4 Å². The Balaban J connectivity index is 2.30. The summed E-state index contributed by atoms with van der Waals surface area (Å²) in [7, 11) is 1.61. The summed E-state index contributed by atoms with van der Waals surface area (Å²) in [5, 5.41) is 0.515. The van der Waals surface area contributed by atoms with Crippen LogP contribution in [-0.4, -0.2) is 47.2 Å². The Morgan fingerprint density at radius 2 is 1.80 bits per heavy atom. The SMILES string of the molecule is CCCCC(=O)N(C)CCC(=O)ON1C(=O)CCC1=O. The predicted octanol–water partition coefficient (Wildman–Crippen LogP) is 0.632. The summed E-state index contributed by atoms with van der Waals surface area (Å²) in [6, 6.07) is 0. The maximum Gasteiger partial charge on any atom is 0.334 e. The van der Waals surface area contributed by atoms with E-state index < -0.39 is 17.8 Å². The van der Waals surface area contributed by atoms with Crippen molar-refractivity contribution >= 4 is 23.7 Å². The highest BCUT2D eigenvalue weighted by Crippen LogP contribution is 2.12. The number of unbranched alkanes of at least 4 members (excludes halogenated alkanes) is 1. The zero-order valence-corrected chi connectivity index (χ0v) is 11.9. The monoisotopic (exact) mass is 284 g/mol. The van der Waals surface area contributed by atoms with Crippen molar-refractivity contribution in [3.05, 3.63) is 0 Å². The molecule has 1 rings (SSSR count). The van der Waals surface area contributed by atoms with Gasteiger partial charge < -0.3 is 9.74 Å². The molecule has 3 amide bonds. The van der Waals surface area contributed by atoms with Crippen molar-refractivity contribution in [2.75, 3.05) is 13.6 Å². The van der Waals surface area contributed by atoms with Crippen LogP contribution in [0.3, 0.4) is 0 Å². The number of hydroxylamine groups is 2. The number of rotatable bonds is 7. The molecule has 1 heterocycles. The van der Waals surface area contributed by atoms with E-state index in [4.69, 9.17) is 4.84 Å². The average Bonchev–Trinajstić information content (AvgIpc) is 2.73. The van der Waals surface area contributed by atoms with Gasteiger partial charge in [-0.15, -0.1) is 5.06 Å². The van der Waals surface area contributed by atoms with Crippen LogP contribution in [0.4, 0.5) is 0 Å². The van der Waals surface area contributed by atoms with Gasteiger partial charge in [0.2, 0.25) is 5.91 Å². The molecule has 0 aromatic heterocycles. The van der Waals surface area contributed by atoms with Crippen LogP contribution in [-0.2, 0) is 24.0 Å². The lowest BCUT2D eigenvalue weighted by Gasteiger charge is -2.17. The Kier molecular flexibility index (Phi) is 6.14. The molecule has 1 aliphatic heterocycles. The van der Waals surface area contributed by atoms with E-state index in [1.54, 1.807) is 7.05 Å². The highest BCUT2D eigenvalue weighted by molar-refractivity contribution is 6.01. The third-order valence-electron chi connectivity index (χ3n) is 3.02. The highest BCUT2D eigenvalue weighted by Gasteiger charge is 2.32. The van der Waals surface area contributed by atoms with Crippen LogP contribution in [0.2, 0.25) is 0 Å². The Morgan fingerprint density at radius 1 is 1.20 bits per heavy atom.